The van der Waals surface area contributed by atoms with Crippen LogP contribution >= 0.6 is 0 Å². The van der Waals surface area contributed by atoms with Crippen LogP contribution in [0.25, 0.3) is 0 Å². The summed E-state index contributed by atoms with van der Waals surface area (Å²) in [6.07, 6.45) is 8.38. The van der Waals surface area contributed by atoms with Crippen LogP contribution in [-0.2, 0) is 25.5 Å². The summed E-state index contributed by atoms with van der Waals surface area (Å²) in [5.41, 5.74) is 3.34. The molecule has 1 aliphatic carbocycles. The van der Waals surface area contributed by atoms with Gasteiger partial charge in [0.05, 0.1) is 0 Å². The van der Waals surface area contributed by atoms with Crippen LogP contribution in [-0.4, -0.2) is 48.3 Å². The Morgan fingerprint density at radius 2 is 1.62 bits per heavy atom. The summed E-state index contributed by atoms with van der Waals surface area (Å²) in [5.74, 6) is -0.0538. The summed E-state index contributed by atoms with van der Waals surface area (Å²) >= 11 is 0. The fourth-order valence-corrected chi connectivity index (χ4v) is 4.61. The molecule has 1 aliphatic rings. The molecule has 0 aliphatic heterocycles. The minimum atomic E-state index is -0.450. The molecule has 0 spiro atoms. The Balaban J connectivity index is 1.39. The fourth-order valence-electron chi connectivity index (χ4n) is 4.61. The minimum absolute atomic E-state index is 0.0202. The molecular formula is C30H41N3O6. The van der Waals surface area contributed by atoms with Gasteiger partial charge < -0.3 is 20.1 Å². The quantitative estimate of drug-likeness (QED) is 0.101. The molecule has 2 aromatic carbocycles. The zero-order valence-electron chi connectivity index (χ0n) is 22.5. The fraction of sp³-hybridized carbons (Fsp3) is 0.500. The van der Waals surface area contributed by atoms with Crippen LogP contribution < -0.4 is 20.9 Å². The molecule has 212 valence electrons. The number of amides is 2. The van der Waals surface area contributed by atoms with E-state index in [4.69, 9.17) is 14.7 Å². The maximum absolute atomic E-state index is 12.9. The third kappa shape index (κ3) is 11.9. The maximum Gasteiger partial charge on any atom is 0.323 e. The van der Waals surface area contributed by atoms with E-state index < -0.39 is 6.04 Å². The van der Waals surface area contributed by atoms with Gasteiger partial charge in [0.2, 0.25) is 11.8 Å². The summed E-state index contributed by atoms with van der Waals surface area (Å²) in [6.45, 7) is 0.821. The number of ether oxygens (including phenoxy) is 2. The number of hydroxylamine groups is 1. The van der Waals surface area contributed by atoms with Crippen LogP contribution in [0.4, 0.5) is 5.69 Å². The van der Waals surface area contributed by atoms with Crippen LogP contribution in [0.3, 0.4) is 0 Å². The lowest BCUT2D eigenvalue weighted by Crippen LogP contribution is -2.42. The highest BCUT2D eigenvalue weighted by molar-refractivity contribution is 5.90. The third-order valence-electron chi connectivity index (χ3n) is 6.71. The van der Waals surface area contributed by atoms with Crippen molar-refractivity contribution in [2.75, 3.05) is 18.5 Å². The number of hydrogen-bond acceptors (Lipinski definition) is 7. The zero-order valence-corrected chi connectivity index (χ0v) is 22.5. The van der Waals surface area contributed by atoms with Gasteiger partial charge in [-0.15, -0.1) is 0 Å². The molecule has 0 bridgehead atoms. The standard InChI is InChI=1S/C30H41N3O6/c34-28(17-6-1-2-7-18-29(35)33-37)32-24-13-10-16-26(22-24)38-20-19-31-27(21-23-11-4-3-5-12-23)30(36)39-25-14-8-9-15-25/h3-5,10-13,16,22,25,27,31,37H,1-2,6-9,14-15,17-21H2,(H,32,34)(H,33,35)/t27-/m0/s1. The first-order valence-corrected chi connectivity index (χ1v) is 14.0. The van der Waals surface area contributed by atoms with Crippen molar-refractivity contribution in [3.05, 3.63) is 60.2 Å². The lowest BCUT2D eigenvalue weighted by Gasteiger charge is -2.20. The number of esters is 1. The predicted octanol–water partition coefficient (Wildman–Crippen LogP) is 4.54. The Kier molecular flexibility index (Phi) is 13.3. The number of hydrogen-bond donors (Lipinski definition) is 4. The molecule has 0 saturated heterocycles. The van der Waals surface area contributed by atoms with E-state index in [2.05, 4.69) is 10.6 Å². The first-order valence-electron chi connectivity index (χ1n) is 14.0. The van der Waals surface area contributed by atoms with E-state index in [1.807, 2.05) is 48.5 Å². The van der Waals surface area contributed by atoms with Gasteiger partial charge in [-0.1, -0.05) is 49.2 Å². The molecule has 0 aromatic heterocycles. The van der Waals surface area contributed by atoms with Gasteiger partial charge in [-0.2, -0.15) is 0 Å². The number of nitrogens with one attached hydrogen (secondary N) is 3. The van der Waals surface area contributed by atoms with E-state index >= 15 is 0 Å². The smallest absolute Gasteiger partial charge is 0.323 e. The molecule has 0 unspecified atom stereocenters. The second-order valence-corrected chi connectivity index (χ2v) is 9.91. The molecule has 4 N–H and O–H groups in total. The number of unbranched alkanes of at least 4 members (excludes halogenated alkanes) is 3. The van der Waals surface area contributed by atoms with Crippen LogP contribution in [0.1, 0.15) is 69.8 Å². The van der Waals surface area contributed by atoms with Crippen molar-refractivity contribution in [1.82, 2.24) is 10.8 Å². The van der Waals surface area contributed by atoms with E-state index in [1.165, 1.54) is 0 Å². The van der Waals surface area contributed by atoms with Gasteiger partial charge in [0.1, 0.15) is 24.5 Å². The van der Waals surface area contributed by atoms with Crippen molar-refractivity contribution in [2.24, 2.45) is 0 Å². The summed E-state index contributed by atoms with van der Waals surface area (Å²) in [7, 11) is 0. The summed E-state index contributed by atoms with van der Waals surface area (Å²) < 4.78 is 11.6. The number of carbonyl (C=O) groups excluding carboxylic acids is 3. The molecule has 9 heteroatoms. The second kappa shape index (κ2) is 17.2. The van der Waals surface area contributed by atoms with Gasteiger partial charge in [-0.05, 0) is 62.6 Å². The van der Waals surface area contributed by atoms with E-state index in [9.17, 15) is 14.4 Å². The first-order chi connectivity index (χ1) is 19.0. The monoisotopic (exact) mass is 539 g/mol. The van der Waals surface area contributed by atoms with Gasteiger partial charge in [0.25, 0.3) is 0 Å². The van der Waals surface area contributed by atoms with Crippen molar-refractivity contribution in [3.8, 4) is 5.75 Å². The van der Waals surface area contributed by atoms with Crippen LogP contribution in [0.2, 0.25) is 0 Å². The second-order valence-electron chi connectivity index (χ2n) is 9.91. The largest absolute Gasteiger partial charge is 0.492 e. The number of rotatable bonds is 17. The lowest BCUT2D eigenvalue weighted by atomic mass is 10.1. The molecule has 9 nitrogen and oxygen atoms in total. The molecular weight excluding hydrogens is 498 g/mol. The summed E-state index contributed by atoms with van der Waals surface area (Å²) in [5, 5.41) is 14.7. The van der Waals surface area contributed by atoms with Gasteiger partial charge in [0, 0.05) is 31.1 Å². The van der Waals surface area contributed by atoms with Crippen molar-refractivity contribution in [2.45, 2.75) is 82.8 Å². The van der Waals surface area contributed by atoms with E-state index in [0.29, 0.717) is 43.9 Å². The Morgan fingerprint density at radius 3 is 2.33 bits per heavy atom. The van der Waals surface area contributed by atoms with Crippen molar-refractivity contribution >= 4 is 23.5 Å². The van der Waals surface area contributed by atoms with Gasteiger partial charge in [-0.3, -0.25) is 19.6 Å². The zero-order chi connectivity index (χ0) is 27.7. The molecule has 39 heavy (non-hydrogen) atoms. The van der Waals surface area contributed by atoms with Crippen LogP contribution in [0, 0.1) is 0 Å². The Hall–Kier alpha value is -3.43. The third-order valence-corrected chi connectivity index (χ3v) is 6.71. The molecule has 1 fully saturated rings. The molecule has 3 rings (SSSR count). The van der Waals surface area contributed by atoms with Gasteiger partial charge in [0.15, 0.2) is 0 Å². The highest BCUT2D eigenvalue weighted by Gasteiger charge is 2.25. The summed E-state index contributed by atoms with van der Waals surface area (Å²) in [4.78, 5) is 36.2. The number of carbonyl (C=O) groups is 3. The average molecular weight is 540 g/mol. The van der Waals surface area contributed by atoms with Crippen LogP contribution in [0.5, 0.6) is 5.75 Å². The molecule has 0 radical (unpaired) electrons. The summed E-state index contributed by atoms with van der Waals surface area (Å²) in [6, 6.07) is 16.7. The van der Waals surface area contributed by atoms with E-state index in [-0.39, 0.29) is 30.3 Å². The lowest BCUT2D eigenvalue weighted by molar-refractivity contribution is -0.151. The average Bonchev–Trinajstić information content (AvgIpc) is 3.46. The van der Waals surface area contributed by atoms with E-state index in [1.54, 1.807) is 11.5 Å². The SMILES string of the molecule is O=C(CCCCCCC(=O)Nc1cccc(OCCN[C@@H](Cc2ccccc2)C(=O)OC2CCCC2)c1)NO. The van der Waals surface area contributed by atoms with Crippen molar-refractivity contribution in [1.29, 1.82) is 0 Å². The highest BCUT2D eigenvalue weighted by atomic mass is 16.5. The predicted molar refractivity (Wildman–Crippen MR) is 148 cm³/mol. The molecule has 0 heterocycles. The molecule has 2 aromatic rings. The molecule has 1 atom stereocenters. The normalized spacial score (nSPS) is 14.0. The number of anilines is 1. The van der Waals surface area contributed by atoms with Gasteiger partial charge >= 0.3 is 5.97 Å². The Bertz CT molecular complexity index is 1030. The van der Waals surface area contributed by atoms with E-state index in [0.717, 1.165) is 50.5 Å². The topological polar surface area (TPSA) is 126 Å². The molecule has 2 amide bonds. The van der Waals surface area contributed by atoms with Crippen molar-refractivity contribution in [3.63, 3.8) is 0 Å². The van der Waals surface area contributed by atoms with Crippen LogP contribution in [0.15, 0.2) is 54.6 Å². The highest BCUT2D eigenvalue weighted by Crippen LogP contribution is 2.22. The Morgan fingerprint density at radius 1 is 0.897 bits per heavy atom. The number of benzene rings is 2. The van der Waals surface area contributed by atoms with Crippen molar-refractivity contribution < 1.29 is 29.1 Å². The van der Waals surface area contributed by atoms with Gasteiger partial charge in [-0.25, -0.2) is 5.48 Å². The maximum atomic E-state index is 12.9. The molecule has 1 saturated carbocycles. The Labute approximate surface area is 230 Å². The minimum Gasteiger partial charge on any atom is -0.492 e. The first kappa shape index (κ1) is 30.1.